The fourth-order valence-corrected chi connectivity index (χ4v) is 2.44. The minimum atomic E-state index is -0.176. The van der Waals surface area contributed by atoms with Crippen molar-refractivity contribution in [1.29, 1.82) is 0 Å². The molecule has 22 heavy (non-hydrogen) atoms. The SMILES string of the molecule is CCCCc1ccc(-n2nnc(CO)c2-c2ccco2)cc1. The fraction of sp³-hybridized carbons (Fsp3) is 0.294. The Hall–Kier alpha value is -2.40. The number of aliphatic hydroxyl groups is 1. The molecule has 0 radical (unpaired) electrons. The molecule has 0 unspecified atom stereocenters. The summed E-state index contributed by atoms with van der Waals surface area (Å²) in [7, 11) is 0. The van der Waals surface area contributed by atoms with Crippen molar-refractivity contribution >= 4 is 0 Å². The van der Waals surface area contributed by atoms with E-state index in [0.717, 1.165) is 12.1 Å². The molecule has 0 saturated heterocycles. The number of nitrogens with zero attached hydrogens (tertiary/aromatic N) is 3. The van der Waals surface area contributed by atoms with Gasteiger partial charge >= 0.3 is 0 Å². The first-order valence-electron chi connectivity index (χ1n) is 7.52. The normalized spacial score (nSPS) is 11.0. The second-order valence-corrected chi connectivity index (χ2v) is 5.20. The number of hydrogen-bond acceptors (Lipinski definition) is 4. The summed E-state index contributed by atoms with van der Waals surface area (Å²) in [6.07, 6.45) is 5.06. The Morgan fingerprint density at radius 1 is 1.18 bits per heavy atom. The molecule has 0 aliphatic heterocycles. The van der Waals surface area contributed by atoms with E-state index in [-0.39, 0.29) is 6.61 Å². The highest BCUT2D eigenvalue weighted by atomic mass is 16.3. The van der Waals surface area contributed by atoms with E-state index in [9.17, 15) is 5.11 Å². The lowest BCUT2D eigenvalue weighted by Gasteiger charge is -2.07. The van der Waals surface area contributed by atoms with Gasteiger partial charge in [-0.05, 0) is 42.7 Å². The van der Waals surface area contributed by atoms with Crippen LogP contribution in [0, 0.1) is 0 Å². The summed E-state index contributed by atoms with van der Waals surface area (Å²) in [5.74, 6) is 0.643. The second kappa shape index (κ2) is 6.58. The van der Waals surface area contributed by atoms with Gasteiger partial charge < -0.3 is 9.52 Å². The van der Waals surface area contributed by atoms with Crippen molar-refractivity contribution in [2.24, 2.45) is 0 Å². The number of hydrogen-bond donors (Lipinski definition) is 1. The van der Waals surface area contributed by atoms with Gasteiger partial charge in [-0.25, -0.2) is 4.68 Å². The first kappa shape index (κ1) is 14.5. The van der Waals surface area contributed by atoms with Gasteiger partial charge in [0.05, 0.1) is 18.6 Å². The number of unbranched alkanes of at least 4 members (excludes halogenated alkanes) is 1. The molecule has 0 aliphatic rings. The Morgan fingerprint density at radius 3 is 2.64 bits per heavy atom. The molecule has 2 heterocycles. The van der Waals surface area contributed by atoms with Gasteiger partial charge in [0.15, 0.2) is 5.76 Å². The minimum Gasteiger partial charge on any atom is -0.463 e. The summed E-state index contributed by atoms with van der Waals surface area (Å²) in [6, 6.07) is 11.9. The van der Waals surface area contributed by atoms with Crippen LogP contribution in [-0.4, -0.2) is 20.1 Å². The monoisotopic (exact) mass is 297 g/mol. The molecule has 114 valence electrons. The number of furan rings is 1. The van der Waals surface area contributed by atoms with Crippen molar-refractivity contribution in [2.75, 3.05) is 0 Å². The Morgan fingerprint density at radius 2 is 2.00 bits per heavy atom. The van der Waals surface area contributed by atoms with Crippen LogP contribution in [0.25, 0.3) is 17.1 Å². The third-order valence-corrected chi connectivity index (χ3v) is 3.64. The van der Waals surface area contributed by atoms with Crippen LogP contribution in [0.3, 0.4) is 0 Å². The molecule has 0 amide bonds. The van der Waals surface area contributed by atoms with Crippen molar-refractivity contribution in [3.63, 3.8) is 0 Å². The molecule has 0 bridgehead atoms. The Balaban J connectivity index is 1.96. The number of aliphatic hydroxyl groups excluding tert-OH is 1. The minimum absolute atomic E-state index is 0.176. The number of aryl methyl sites for hydroxylation is 1. The van der Waals surface area contributed by atoms with Gasteiger partial charge in [0, 0.05) is 0 Å². The largest absolute Gasteiger partial charge is 0.463 e. The molecule has 0 saturated carbocycles. The molecular formula is C17H19N3O2. The lowest BCUT2D eigenvalue weighted by molar-refractivity contribution is 0.277. The molecule has 3 rings (SSSR count). The molecule has 0 spiro atoms. The molecule has 1 N–H and O–H groups in total. The highest BCUT2D eigenvalue weighted by Crippen LogP contribution is 2.26. The molecule has 3 aromatic rings. The number of rotatable bonds is 6. The van der Waals surface area contributed by atoms with E-state index in [4.69, 9.17) is 4.42 Å². The number of aromatic nitrogens is 3. The van der Waals surface area contributed by atoms with Crippen LogP contribution >= 0.6 is 0 Å². The zero-order valence-electron chi connectivity index (χ0n) is 12.6. The van der Waals surface area contributed by atoms with Crippen LogP contribution < -0.4 is 0 Å². The summed E-state index contributed by atoms with van der Waals surface area (Å²) >= 11 is 0. The van der Waals surface area contributed by atoms with Crippen molar-refractivity contribution in [2.45, 2.75) is 32.8 Å². The third-order valence-electron chi connectivity index (χ3n) is 3.64. The standard InChI is InChI=1S/C17H19N3O2/c1-2-3-5-13-7-9-14(10-8-13)20-17(15(12-21)18-19-20)16-6-4-11-22-16/h4,6-11,21H,2-3,5,12H2,1H3. The zero-order valence-corrected chi connectivity index (χ0v) is 12.6. The lowest BCUT2D eigenvalue weighted by atomic mass is 10.1. The first-order chi connectivity index (χ1) is 10.8. The smallest absolute Gasteiger partial charge is 0.154 e. The summed E-state index contributed by atoms with van der Waals surface area (Å²) in [5, 5.41) is 17.7. The first-order valence-corrected chi connectivity index (χ1v) is 7.52. The molecule has 0 fully saturated rings. The van der Waals surface area contributed by atoms with E-state index in [0.29, 0.717) is 17.1 Å². The molecule has 2 aromatic heterocycles. The van der Waals surface area contributed by atoms with Crippen LogP contribution in [0.4, 0.5) is 0 Å². The van der Waals surface area contributed by atoms with Gasteiger partial charge in [0.1, 0.15) is 11.4 Å². The van der Waals surface area contributed by atoms with E-state index in [1.165, 1.54) is 18.4 Å². The third kappa shape index (κ3) is 2.80. The lowest BCUT2D eigenvalue weighted by Crippen LogP contribution is -2.00. The summed E-state index contributed by atoms with van der Waals surface area (Å²) in [5.41, 5.74) is 3.41. The summed E-state index contributed by atoms with van der Waals surface area (Å²) in [4.78, 5) is 0. The van der Waals surface area contributed by atoms with Crippen LogP contribution in [0.5, 0.6) is 0 Å². The molecule has 0 atom stereocenters. The van der Waals surface area contributed by atoms with E-state index >= 15 is 0 Å². The zero-order chi connectivity index (χ0) is 15.4. The molecule has 5 nitrogen and oxygen atoms in total. The van der Waals surface area contributed by atoms with Crippen LogP contribution in [0.2, 0.25) is 0 Å². The maximum Gasteiger partial charge on any atom is 0.154 e. The van der Waals surface area contributed by atoms with Gasteiger partial charge in [-0.1, -0.05) is 30.7 Å². The van der Waals surface area contributed by atoms with Gasteiger partial charge in [0.25, 0.3) is 0 Å². The predicted octanol–water partition coefficient (Wildman–Crippen LogP) is 3.36. The van der Waals surface area contributed by atoms with E-state index in [1.807, 2.05) is 24.3 Å². The van der Waals surface area contributed by atoms with Gasteiger partial charge in [-0.15, -0.1) is 5.10 Å². The molecule has 0 aliphatic carbocycles. The fourth-order valence-electron chi connectivity index (χ4n) is 2.44. The number of benzene rings is 1. The molecule has 1 aromatic carbocycles. The second-order valence-electron chi connectivity index (χ2n) is 5.20. The average molecular weight is 297 g/mol. The van der Waals surface area contributed by atoms with Crippen molar-refractivity contribution in [3.8, 4) is 17.1 Å². The highest BCUT2D eigenvalue weighted by Gasteiger charge is 2.17. The Bertz CT molecular complexity index is 715. The topological polar surface area (TPSA) is 64.1 Å². The molecular weight excluding hydrogens is 278 g/mol. The van der Waals surface area contributed by atoms with Crippen molar-refractivity contribution in [3.05, 3.63) is 53.9 Å². The van der Waals surface area contributed by atoms with Gasteiger partial charge in [0.2, 0.25) is 0 Å². The van der Waals surface area contributed by atoms with Crippen molar-refractivity contribution in [1.82, 2.24) is 15.0 Å². The maximum atomic E-state index is 9.46. The van der Waals surface area contributed by atoms with Crippen LogP contribution in [0.15, 0.2) is 47.1 Å². The molecule has 5 heteroatoms. The van der Waals surface area contributed by atoms with Crippen LogP contribution in [0.1, 0.15) is 31.0 Å². The Kier molecular flexibility index (Phi) is 4.34. The van der Waals surface area contributed by atoms with Gasteiger partial charge in [-0.3, -0.25) is 0 Å². The Labute approximate surface area is 129 Å². The summed E-state index contributed by atoms with van der Waals surface area (Å²) in [6.45, 7) is 2.01. The van der Waals surface area contributed by atoms with E-state index in [2.05, 4.69) is 29.4 Å². The van der Waals surface area contributed by atoms with E-state index in [1.54, 1.807) is 10.9 Å². The average Bonchev–Trinajstić information content (AvgIpc) is 3.21. The summed E-state index contributed by atoms with van der Waals surface area (Å²) < 4.78 is 7.15. The predicted molar refractivity (Wildman–Crippen MR) is 83.6 cm³/mol. The van der Waals surface area contributed by atoms with Crippen LogP contribution in [-0.2, 0) is 13.0 Å². The highest BCUT2D eigenvalue weighted by molar-refractivity contribution is 5.58. The quantitative estimate of drug-likeness (QED) is 0.757. The van der Waals surface area contributed by atoms with Crippen molar-refractivity contribution < 1.29 is 9.52 Å². The maximum absolute atomic E-state index is 9.46. The van der Waals surface area contributed by atoms with Gasteiger partial charge in [-0.2, -0.15) is 0 Å². The van der Waals surface area contributed by atoms with E-state index < -0.39 is 0 Å².